The third-order valence-electron chi connectivity index (χ3n) is 3.53. The summed E-state index contributed by atoms with van der Waals surface area (Å²) in [6.45, 7) is 7.20. The summed E-state index contributed by atoms with van der Waals surface area (Å²) >= 11 is 6.19. The Morgan fingerprint density at radius 2 is 1.95 bits per heavy atom. The highest BCUT2D eigenvalue weighted by atomic mass is 35.5. The zero-order valence-corrected chi connectivity index (χ0v) is 12.9. The second kappa shape index (κ2) is 6.62. The van der Waals surface area contributed by atoms with Gasteiger partial charge in [-0.25, -0.2) is 0 Å². The maximum Gasteiger partial charge on any atom is 0.120 e. The summed E-state index contributed by atoms with van der Waals surface area (Å²) in [6.07, 6.45) is 5.12. The number of hydrogen-bond acceptors (Lipinski definition) is 2. The number of aryl methyl sites for hydroxylation is 2. The molecular formula is C16H24ClNO. The van der Waals surface area contributed by atoms with Gasteiger partial charge in [-0.3, -0.25) is 0 Å². The van der Waals surface area contributed by atoms with Crippen molar-refractivity contribution in [3.05, 3.63) is 28.3 Å². The highest BCUT2D eigenvalue weighted by molar-refractivity contribution is 6.32. The molecule has 1 atom stereocenters. The molecule has 1 aliphatic carbocycles. The molecule has 1 unspecified atom stereocenters. The lowest BCUT2D eigenvalue weighted by Crippen LogP contribution is -2.32. The van der Waals surface area contributed by atoms with E-state index >= 15 is 0 Å². The summed E-state index contributed by atoms with van der Waals surface area (Å²) in [4.78, 5) is 0. The van der Waals surface area contributed by atoms with Crippen LogP contribution in [0.25, 0.3) is 0 Å². The summed E-state index contributed by atoms with van der Waals surface area (Å²) in [6, 6.07) is 4.81. The van der Waals surface area contributed by atoms with Crippen LogP contribution < -0.4 is 10.1 Å². The number of rotatable bonds is 7. The van der Waals surface area contributed by atoms with E-state index < -0.39 is 0 Å². The molecule has 1 N–H and O–H groups in total. The number of benzene rings is 1. The fourth-order valence-corrected chi connectivity index (χ4v) is 2.39. The number of hydrogen-bond donors (Lipinski definition) is 1. The van der Waals surface area contributed by atoms with Gasteiger partial charge in [0.15, 0.2) is 0 Å². The highest BCUT2D eigenvalue weighted by Gasteiger charge is 2.22. The molecule has 1 fully saturated rings. The molecule has 0 spiro atoms. The molecule has 0 amide bonds. The Balaban J connectivity index is 1.98. The fourth-order valence-electron chi connectivity index (χ4n) is 2.28. The number of halogens is 1. The largest absolute Gasteiger partial charge is 0.489 e. The van der Waals surface area contributed by atoms with Gasteiger partial charge < -0.3 is 10.1 Å². The molecule has 0 radical (unpaired) electrons. The second-order valence-electron chi connectivity index (χ2n) is 5.58. The van der Waals surface area contributed by atoms with Crippen molar-refractivity contribution in [2.24, 2.45) is 0 Å². The van der Waals surface area contributed by atoms with Crippen LogP contribution in [0.15, 0.2) is 12.1 Å². The Hall–Kier alpha value is -0.730. The van der Waals surface area contributed by atoms with Crippen LogP contribution in [-0.2, 0) is 0 Å². The van der Waals surface area contributed by atoms with Crippen molar-refractivity contribution in [1.82, 2.24) is 5.32 Å². The van der Waals surface area contributed by atoms with Crippen molar-refractivity contribution in [3.63, 3.8) is 0 Å². The van der Waals surface area contributed by atoms with Crippen LogP contribution in [0.3, 0.4) is 0 Å². The standard InChI is InChI=1S/C16H24ClNO/c1-4-5-14(10-18-13-6-7-13)19-15-8-11(2)16(17)12(3)9-15/h8-9,13-14,18H,4-7,10H2,1-3H3. The minimum absolute atomic E-state index is 0.255. The van der Waals surface area contributed by atoms with Crippen LogP contribution in [0.5, 0.6) is 5.75 Å². The highest BCUT2D eigenvalue weighted by Crippen LogP contribution is 2.27. The van der Waals surface area contributed by atoms with Crippen molar-refractivity contribution in [2.45, 2.75) is 58.6 Å². The van der Waals surface area contributed by atoms with E-state index in [0.29, 0.717) is 0 Å². The van der Waals surface area contributed by atoms with E-state index in [2.05, 4.69) is 12.2 Å². The molecular weight excluding hydrogens is 258 g/mol. The van der Waals surface area contributed by atoms with Gasteiger partial charge in [-0.2, -0.15) is 0 Å². The van der Waals surface area contributed by atoms with E-state index in [0.717, 1.165) is 47.3 Å². The normalized spacial score (nSPS) is 16.4. The molecule has 1 saturated carbocycles. The molecule has 1 aliphatic rings. The van der Waals surface area contributed by atoms with Gasteiger partial charge in [0.05, 0.1) is 0 Å². The van der Waals surface area contributed by atoms with Crippen molar-refractivity contribution in [1.29, 1.82) is 0 Å². The SMILES string of the molecule is CCCC(CNC1CC1)Oc1cc(C)c(Cl)c(C)c1. The third kappa shape index (κ3) is 4.39. The zero-order chi connectivity index (χ0) is 13.8. The number of nitrogens with one attached hydrogen (secondary N) is 1. The maximum atomic E-state index is 6.19. The summed E-state index contributed by atoms with van der Waals surface area (Å²) in [5.41, 5.74) is 2.17. The molecule has 0 bridgehead atoms. The van der Waals surface area contributed by atoms with Crippen molar-refractivity contribution >= 4 is 11.6 Å². The van der Waals surface area contributed by atoms with E-state index in [1.54, 1.807) is 0 Å². The maximum absolute atomic E-state index is 6.19. The smallest absolute Gasteiger partial charge is 0.120 e. The van der Waals surface area contributed by atoms with E-state index in [9.17, 15) is 0 Å². The lowest BCUT2D eigenvalue weighted by molar-refractivity contribution is 0.186. The van der Waals surface area contributed by atoms with Crippen LogP contribution >= 0.6 is 11.6 Å². The molecule has 0 aromatic heterocycles. The Kier molecular flexibility index (Phi) is 5.12. The van der Waals surface area contributed by atoms with Gasteiger partial charge in [-0.1, -0.05) is 24.9 Å². The lowest BCUT2D eigenvalue weighted by atomic mass is 10.1. The zero-order valence-electron chi connectivity index (χ0n) is 12.1. The van der Waals surface area contributed by atoms with Crippen LogP contribution in [0.4, 0.5) is 0 Å². The van der Waals surface area contributed by atoms with E-state index in [1.807, 2.05) is 26.0 Å². The predicted molar refractivity (Wildman–Crippen MR) is 81.3 cm³/mol. The van der Waals surface area contributed by atoms with E-state index in [1.165, 1.54) is 12.8 Å². The lowest BCUT2D eigenvalue weighted by Gasteiger charge is -2.20. The van der Waals surface area contributed by atoms with Gasteiger partial charge >= 0.3 is 0 Å². The quantitative estimate of drug-likeness (QED) is 0.806. The molecule has 19 heavy (non-hydrogen) atoms. The molecule has 2 nitrogen and oxygen atoms in total. The van der Waals surface area contributed by atoms with Crippen LogP contribution in [0.1, 0.15) is 43.7 Å². The minimum Gasteiger partial charge on any atom is -0.489 e. The molecule has 106 valence electrons. The molecule has 0 heterocycles. The van der Waals surface area contributed by atoms with Gasteiger partial charge in [0.2, 0.25) is 0 Å². The monoisotopic (exact) mass is 281 g/mol. The minimum atomic E-state index is 0.255. The average molecular weight is 282 g/mol. The first-order valence-corrected chi connectivity index (χ1v) is 7.64. The molecule has 0 saturated heterocycles. The van der Waals surface area contributed by atoms with Gasteiger partial charge in [-0.05, 0) is 56.4 Å². The third-order valence-corrected chi connectivity index (χ3v) is 4.13. The number of ether oxygens (including phenoxy) is 1. The molecule has 3 heteroatoms. The topological polar surface area (TPSA) is 21.3 Å². The van der Waals surface area contributed by atoms with E-state index in [-0.39, 0.29) is 6.10 Å². The van der Waals surface area contributed by atoms with Gasteiger partial charge in [0.1, 0.15) is 11.9 Å². The van der Waals surface area contributed by atoms with Gasteiger partial charge in [0, 0.05) is 17.6 Å². The average Bonchev–Trinajstić information content (AvgIpc) is 3.17. The first kappa shape index (κ1) is 14.7. The van der Waals surface area contributed by atoms with Crippen molar-refractivity contribution < 1.29 is 4.74 Å². The molecule has 1 aromatic carbocycles. The Labute approximate surface area is 121 Å². The summed E-state index contributed by atoms with van der Waals surface area (Å²) in [7, 11) is 0. The molecule has 2 rings (SSSR count). The van der Waals surface area contributed by atoms with Gasteiger partial charge in [0.25, 0.3) is 0 Å². The summed E-state index contributed by atoms with van der Waals surface area (Å²) in [5, 5.41) is 4.39. The summed E-state index contributed by atoms with van der Waals surface area (Å²) < 4.78 is 6.13. The van der Waals surface area contributed by atoms with Crippen molar-refractivity contribution in [2.75, 3.05) is 6.54 Å². The van der Waals surface area contributed by atoms with Crippen molar-refractivity contribution in [3.8, 4) is 5.75 Å². The molecule has 0 aliphatic heterocycles. The predicted octanol–water partition coefficient (Wildman–Crippen LogP) is 4.26. The Bertz CT molecular complexity index is 406. The first-order valence-electron chi connectivity index (χ1n) is 7.27. The first-order chi connectivity index (χ1) is 9.10. The van der Waals surface area contributed by atoms with Gasteiger partial charge in [-0.15, -0.1) is 0 Å². The van der Waals surface area contributed by atoms with E-state index in [4.69, 9.17) is 16.3 Å². The Morgan fingerprint density at radius 3 is 2.47 bits per heavy atom. The Morgan fingerprint density at radius 1 is 1.32 bits per heavy atom. The van der Waals surface area contributed by atoms with Crippen LogP contribution in [-0.4, -0.2) is 18.7 Å². The van der Waals surface area contributed by atoms with Crippen LogP contribution in [0.2, 0.25) is 5.02 Å². The van der Waals surface area contributed by atoms with Crippen LogP contribution in [0, 0.1) is 13.8 Å². The summed E-state index contributed by atoms with van der Waals surface area (Å²) in [5.74, 6) is 0.940. The molecule has 1 aromatic rings. The second-order valence-corrected chi connectivity index (χ2v) is 5.96. The fraction of sp³-hybridized carbons (Fsp3) is 0.625.